The fourth-order valence-electron chi connectivity index (χ4n) is 2.75. The molecule has 0 bridgehead atoms. The summed E-state index contributed by atoms with van der Waals surface area (Å²) in [6.07, 6.45) is 2.85. The van der Waals surface area contributed by atoms with Gasteiger partial charge in [0.1, 0.15) is 11.9 Å². The molecule has 2 aromatic rings. The maximum absolute atomic E-state index is 5.96. The number of aromatic nitrogens is 2. The predicted octanol–water partition coefficient (Wildman–Crippen LogP) is 3.20. The smallest absolute Gasteiger partial charge is 0.124 e. The summed E-state index contributed by atoms with van der Waals surface area (Å²) in [5.74, 6) is 1.56. The van der Waals surface area contributed by atoms with E-state index in [0.29, 0.717) is 10.9 Å². The van der Waals surface area contributed by atoms with Gasteiger partial charge in [-0.3, -0.25) is 10.00 Å². The average molecular weight is 304 g/mol. The minimum Gasteiger partial charge on any atom is -0.488 e. The third kappa shape index (κ3) is 3.06. The minimum atomic E-state index is 0.259. The van der Waals surface area contributed by atoms with Crippen molar-refractivity contribution in [1.29, 1.82) is 0 Å². The molecule has 0 amide bonds. The van der Waals surface area contributed by atoms with Gasteiger partial charge in [-0.25, -0.2) is 0 Å². The monoisotopic (exact) mass is 303 g/mol. The summed E-state index contributed by atoms with van der Waals surface area (Å²) in [5, 5.41) is 8.25. The van der Waals surface area contributed by atoms with Crippen LogP contribution in [0.3, 0.4) is 0 Å². The molecule has 1 aliphatic carbocycles. The van der Waals surface area contributed by atoms with Gasteiger partial charge in [-0.2, -0.15) is 5.10 Å². The lowest BCUT2D eigenvalue weighted by Gasteiger charge is -2.38. The molecule has 0 spiro atoms. The molecular formula is C16H18ClN3O. The van der Waals surface area contributed by atoms with Gasteiger partial charge in [-0.1, -0.05) is 17.7 Å². The Hall–Kier alpha value is -1.52. The van der Waals surface area contributed by atoms with Crippen LogP contribution in [-0.2, 0) is 6.54 Å². The molecule has 110 valence electrons. The highest BCUT2D eigenvalue weighted by atomic mass is 35.5. The Bertz CT molecular complexity index is 632. The minimum absolute atomic E-state index is 0.259. The summed E-state index contributed by atoms with van der Waals surface area (Å²) < 4.78 is 5.90. The van der Waals surface area contributed by atoms with Crippen LogP contribution in [0.15, 0.2) is 30.3 Å². The molecule has 1 N–H and O–H groups in total. The summed E-state index contributed by atoms with van der Waals surface area (Å²) in [5.41, 5.74) is 2.44. The van der Waals surface area contributed by atoms with Crippen molar-refractivity contribution in [2.24, 2.45) is 0 Å². The number of benzene rings is 1. The van der Waals surface area contributed by atoms with Crippen molar-refractivity contribution in [1.82, 2.24) is 15.1 Å². The van der Waals surface area contributed by atoms with Crippen molar-refractivity contribution in [3.05, 3.63) is 46.7 Å². The van der Waals surface area contributed by atoms with E-state index >= 15 is 0 Å². The standard InChI is InChI=1S/C16H18ClN3O/c17-12-2-1-3-14(6-12)21-15-9-20(10-15)8-13-7-16(19-18-13)11-4-5-11/h1-3,6-7,11,15H,4-5,8-10H2,(H,18,19). The van der Waals surface area contributed by atoms with Crippen LogP contribution in [0.25, 0.3) is 0 Å². The molecule has 2 fully saturated rings. The predicted molar refractivity (Wildman–Crippen MR) is 81.7 cm³/mol. The van der Waals surface area contributed by atoms with Gasteiger partial charge >= 0.3 is 0 Å². The number of rotatable bonds is 5. The van der Waals surface area contributed by atoms with Crippen molar-refractivity contribution in [3.8, 4) is 5.75 Å². The molecule has 1 saturated carbocycles. The van der Waals surface area contributed by atoms with Crippen LogP contribution in [-0.4, -0.2) is 34.3 Å². The zero-order valence-corrected chi connectivity index (χ0v) is 12.5. The Morgan fingerprint density at radius 2 is 2.14 bits per heavy atom. The molecule has 5 heteroatoms. The highest BCUT2D eigenvalue weighted by Gasteiger charge is 2.30. The van der Waals surface area contributed by atoms with E-state index in [1.54, 1.807) is 0 Å². The van der Waals surface area contributed by atoms with Gasteiger partial charge in [0, 0.05) is 36.3 Å². The lowest BCUT2D eigenvalue weighted by atomic mass is 10.1. The summed E-state index contributed by atoms with van der Waals surface area (Å²) in [4.78, 5) is 2.36. The van der Waals surface area contributed by atoms with Crippen LogP contribution < -0.4 is 4.74 Å². The second kappa shape index (κ2) is 5.35. The number of likely N-dealkylation sites (tertiary alicyclic amines) is 1. The first-order chi connectivity index (χ1) is 10.3. The SMILES string of the molecule is Clc1cccc(OC2CN(Cc3cc(C4CC4)n[nH]3)C2)c1. The van der Waals surface area contributed by atoms with Crippen molar-refractivity contribution < 1.29 is 4.74 Å². The van der Waals surface area contributed by atoms with Crippen molar-refractivity contribution in [2.75, 3.05) is 13.1 Å². The number of hydrogen-bond acceptors (Lipinski definition) is 3. The second-order valence-electron chi connectivity index (χ2n) is 5.98. The van der Waals surface area contributed by atoms with E-state index < -0.39 is 0 Å². The molecular weight excluding hydrogens is 286 g/mol. The first kappa shape index (κ1) is 13.2. The summed E-state index contributed by atoms with van der Waals surface area (Å²) >= 11 is 5.96. The van der Waals surface area contributed by atoms with Crippen LogP contribution in [0.4, 0.5) is 0 Å². The fraction of sp³-hybridized carbons (Fsp3) is 0.438. The third-order valence-electron chi connectivity index (χ3n) is 4.06. The fourth-order valence-corrected chi connectivity index (χ4v) is 2.93. The van der Waals surface area contributed by atoms with E-state index in [1.165, 1.54) is 24.2 Å². The first-order valence-electron chi connectivity index (χ1n) is 7.45. The topological polar surface area (TPSA) is 41.1 Å². The summed E-state index contributed by atoms with van der Waals surface area (Å²) in [6, 6.07) is 9.80. The number of ether oxygens (including phenoxy) is 1. The van der Waals surface area contributed by atoms with Crippen LogP contribution >= 0.6 is 11.6 Å². The van der Waals surface area contributed by atoms with Crippen molar-refractivity contribution >= 4 is 11.6 Å². The molecule has 1 aliphatic heterocycles. The van der Waals surface area contributed by atoms with Gasteiger partial charge in [0.05, 0.1) is 5.69 Å². The summed E-state index contributed by atoms with van der Waals surface area (Å²) in [6.45, 7) is 2.82. The van der Waals surface area contributed by atoms with Crippen LogP contribution in [0.5, 0.6) is 5.75 Å². The van der Waals surface area contributed by atoms with Crippen LogP contribution in [0, 0.1) is 0 Å². The molecule has 21 heavy (non-hydrogen) atoms. The van der Waals surface area contributed by atoms with Crippen LogP contribution in [0.2, 0.25) is 5.02 Å². The Balaban J connectivity index is 1.26. The number of aromatic amines is 1. The molecule has 0 atom stereocenters. The quantitative estimate of drug-likeness (QED) is 0.922. The van der Waals surface area contributed by atoms with E-state index in [4.69, 9.17) is 16.3 Å². The molecule has 4 nitrogen and oxygen atoms in total. The molecule has 1 saturated heterocycles. The van der Waals surface area contributed by atoms with Crippen molar-refractivity contribution in [3.63, 3.8) is 0 Å². The highest BCUT2D eigenvalue weighted by Crippen LogP contribution is 2.39. The third-order valence-corrected chi connectivity index (χ3v) is 4.30. The molecule has 0 unspecified atom stereocenters. The number of nitrogens with zero attached hydrogens (tertiary/aromatic N) is 2. The molecule has 4 rings (SSSR count). The normalized spacial score (nSPS) is 19.5. The van der Waals surface area contributed by atoms with Crippen LogP contribution in [0.1, 0.15) is 30.1 Å². The van der Waals surface area contributed by atoms with E-state index in [1.807, 2.05) is 24.3 Å². The largest absolute Gasteiger partial charge is 0.488 e. The first-order valence-corrected chi connectivity index (χ1v) is 7.83. The van der Waals surface area contributed by atoms with Gasteiger partial charge in [0.25, 0.3) is 0 Å². The highest BCUT2D eigenvalue weighted by molar-refractivity contribution is 6.30. The Morgan fingerprint density at radius 3 is 2.90 bits per heavy atom. The molecule has 2 heterocycles. The molecule has 1 aromatic carbocycles. The summed E-state index contributed by atoms with van der Waals surface area (Å²) in [7, 11) is 0. The van der Waals surface area contributed by atoms with E-state index in [-0.39, 0.29) is 6.10 Å². The van der Waals surface area contributed by atoms with Crippen molar-refractivity contribution in [2.45, 2.75) is 31.4 Å². The Kier molecular flexibility index (Phi) is 3.36. The van der Waals surface area contributed by atoms with E-state index in [0.717, 1.165) is 25.4 Å². The second-order valence-corrected chi connectivity index (χ2v) is 6.42. The Morgan fingerprint density at radius 1 is 1.29 bits per heavy atom. The number of H-pyrrole nitrogens is 1. The number of hydrogen-bond donors (Lipinski definition) is 1. The lowest BCUT2D eigenvalue weighted by Crippen LogP contribution is -2.53. The maximum atomic E-state index is 5.96. The van der Waals surface area contributed by atoms with Gasteiger partial charge in [0.15, 0.2) is 0 Å². The Labute approximate surface area is 129 Å². The van der Waals surface area contributed by atoms with Gasteiger partial charge in [-0.05, 0) is 37.1 Å². The van der Waals surface area contributed by atoms with E-state index in [2.05, 4.69) is 21.2 Å². The number of halogens is 1. The van der Waals surface area contributed by atoms with Gasteiger partial charge in [-0.15, -0.1) is 0 Å². The molecule has 2 aliphatic rings. The molecule has 0 radical (unpaired) electrons. The maximum Gasteiger partial charge on any atom is 0.124 e. The van der Waals surface area contributed by atoms with Gasteiger partial charge < -0.3 is 4.74 Å². The zero-order valence-electron chi connectivity index (χ0n) is 11.8. The van der Waals surface area contributed by atoms with Gasteiger partial charge in [0.2, 0.25) is 0 Å². The zero-order chi connectivity index (χ0) is 14.2. The van der Waals surface area contributed by atoms with E-state index in [9.17, 15) is 0 Å². The average Bonchev–Trinajstić information content (AvgIpc) is 3.17. The number of nitrogens with one attached hydrogen (secondary N) is 1. The molecule has 1 aromatic heterocycles. The lowest BCUT2D eigenvalue weighted by molar-refractivity contribution is 0.0138.